The van der Waals surface area contributed by atoms with Gasteiger partial charge in [-0.2, -0.15) is 0 Å². The molecule has 2 aliphatic rings. The van der Waals surface area contributed by atoms with Crippen LogP contribution in [0, 0.1) is 6.92 Å². The van der Waals surface area contributed by atoms with Gasteiger partial charge in [-0.25, -0.2) is 0 Å². The molecule has 4 rings (SSSR count). The Balaban J connectivity index is 1.45. The molecule has 2 aliphatic heterocycles. The summed E-state index contributed by atoms with van der Waals surface area (Å²) in [7, 11) is 0. The van der Waals surface area contributed by atoms with Crippen molar-refractivity contribution in [2.24, 2.45) is 0 Å². The molecule has 2 heterocycles. The summed E-state index contributed by atoms with van der Waals surface area (Å²) in [6.45, 7) is 5.06. The minimum atomic E-state index is 0.00760. The Bertz CT molecular complexity index is 816. The second-order valence-corrected chi connectivity index (χ2v) is 7.87. The van der Waals surface area contributed by atoms with E-state index < -0.39 is 0 Å². The number of ether oxygens (including phenoxy) is 1. The number of aryl methyl sites for hydroxylation is 1. The van der Waals surface area contributed by atoms with Crippen LogP contribution >= 0.6 is 11.6 Å². The number of nitrogens with zero attached hydrogens (tertiary/aromatic N) is 1. The average molecular weight is 385 g/mol. The number of halogens is 1. The topological polar surface area (TPSA) is 41.6 Å². The van der Waals surface area contributed by atoms with Crippen LogP contribution in [0.3, 0.4) is 0 Å². The molecule has 2 aromatic rings. The van der Waals surface area contributed by atoms with Crippen LogP contribution < -0.4 is 10.1 Å². The monoisotopic (exact) mass is 384 g/mol. The summed E-state index contributed by atoms with van der Waals surface area (Å²) in [5, 5.41) is 3.99. The number of carbonyl (C=O) groups is 1. The summed E-state index contributed by atoms with van der Waals surface area (Å²) in [6.07, 6.45) is 3.18. The van der Waals surface area contributed by atoms with E-state index in [1.165, 1.54) is 0 Å². The van der Waals surface area contributed by atoms with Crippen molar-refractivity contribution in [2.45, 2.75) is 38.3 Å². The van der Waals surface area contributed by atoms with E-state index in [1.54, 1.807) is 0 Å². The molecule has 27 heavy (non-hydrogen) atoms. The van der Waals surface area contributed by atoms with Crippen molar-refractivity contribution >= 4 is 17.4 Å². The van der Waals surface area contributed by atoms with Crippen LogP contribution in [0.15, 0.2) is 42.5 Å². The van der Waals surface area contributed by atoms with Crippen molar-refractivity contribution in [3.8, 4) is 11.5 Å². The van der Waals surface area contributed by atoms with Crippen molar-refractivity contribution in [3.63, 3.8) is 0 Å². The molecule has 4 nitrogen and oxygen atoms in total. The Morgan fingerprint density at radius 1 is 1.19 bits per heavy atom. The minimum Gasteiger partial charge on any atom is -0.456 e. The standard InChI is InChI=1S/C22H25ClN2O2/c1-15-4-9-21(19(23)13-15)27-18-7-5-16(6-8-18)22(26)20-3-2-12-25(20)17-10-11-24-14-17/h4-9,13,17,20,24H,2-3,10-12,14H2,1H3. The number of nitrogens with one attached hydrogen (secondary N) is 1. The molecule has 0 spiro atoms. The molecule has 1 N–H and O–H groups in total. The van der Waals surface area contributed by atoms with Crippen LogP contribution in [0.25, 0.3) is 0 Å². The zero-order valence-corrected chi connectivity index (χ0v) is 16.3. The van der Waals surface area contributed by atoms with Gasteiger partial charge in [0.15, 0.2) is 5.78 Å². The van der Waals surface area contributed by atoms with Gasteiger partial charge < -0.3 is 10.1 Å². The molecule has 2 unspecified atom stereocenters. The molecule has 5 heteroatoms. The van der Waals surface area contributed by atoms with Gasteiger partial charge in [-0.15, -0.1) is 0 Å². The normalized spacial score (nSPS) is 22.9. The van der Waals surface area contributed by atoms with Crippen molar-refractivity contribution in [1.82, 2.24) is 10.2 Å². The largest absolute Gasteiger partial charge is 0.456 e. The smallest absolute Gasteiger partial charge is 0.179 e. The molecule has 2 fully saturated rings. The van der Waals surface area contributed by atoms with Gasteiger partial charge >= 0.3 is 0 Å². The summed E-state index contributed by atoms with van der Waals surface area (Å²) >= 11 is 6.24. The molecular formula is C22H25ClN2O2. The Labute approximate surface area is 165 Å². The van der Waals surface area contributed by atoms with Crippen LogP contribution in [-0.2, 0) is 0 Å². The first-order chi connectivity index (χ1) is 13.1. The number of hydrogen-bond donors (Lipinski definition) is 1. The lowest BCUT2D eigenvalue weighted by atomic mass is 10.0. The first-order valence-corrected chi connectivity index (χ1v) is 10.0. The van der Waals surface area contributed by atoms with E-state index in [1.807, 2.05) is 49.4 Å². The maximum atomic E-state index is 13.1. The third-order valence-electron chi connectivity index (χ3n) is 5.55. The molecular weight excluding hydrogens is 360 g/mol. The zero-order valence-electron chi connectivity index (χ0n) is 15.6. The summed E-state index contributed by atoms with van der Waals surface area (Å²) in [5.74, 6) is 1.52. The molecule has 2 aromatic carbocycles. The van der Waals surface area contributed by atoms with E-state index in [4.69, 9.17) is 16.3 Å². The Morgan fingerprint density at radius 2 is 2.00 bits per heavy atom. The van der Waals surface area contributed by atoms with Gasteiger partial charge in [-0.05, 0) is 81.2 Å². The molecule has 0 saturated carbocycles. The summed E-state index contributed by atoms with van der Waals surface area (Å²) < 4.78 is 5.86. The van der Waals surface area contributed by atoms with Gasteiger partial charge in [0.2, 0.25) is 0 Å². The maximum absolute atomic E-state index is 13.1. The van der Waals surface area contributed by atoms with Crippen LogP contribution in [0.5, 0.6) is 11.5 Å². The summed E-state index contributed by atoms with van der Waals surface area (Å²) in [6, 6.07) is 13.6. The number of hydrogen-bond acceptors (Lipinski definition) is 4. The fourth-order valence-corrected chi connectivity index (χ4v) is 4.40. The fourth-order valence-electron chi connectivity index (χ4n) is 4.13. The lowest BCUT2D eigenvalue weighted by Crippen LogP contribution is -2.44. The van der Waals surface area contributed by atoms with E-state index >= 15 is 0 Å². The molecule has 0 aromatic heterocycles. The molecule has 0 radical (unpaired) electrons. The number of likely N-dealkylation sites (tertiary alicyclic amines) is 1. The predicted molar refractivity (Wildman–Crippen MR) is 108 cm³/mol. The second kappa shape index (κ2) is 8.01. The Kier molecular flexibility index (Phi) is 5.48. The first kappa shape index (κ1) is 18.5. The highest BCUT2D eigenvalue weighted by molar-refractivity contribution is 6.32. The third kappa shape index (κ3) is 4.03. The number of rotatable bonds is 5. The van der Waals surface area contributed by atoms with Gasteiger partial charge in [0.1, 0.15) is 11.5 Å². The lowest BCUT2D eigenvalue weighted by molar-refractivity contribution is 0.0826. The van der Waals surface area contributed by atoms with Gasteiger partial charge in [0.05, 0.1) is 11.1 Å². The summed E-state index contributed by atoms with van der Waals surface area (Å²) in [5.41, 5.74) is 1.84. The van der Waals surface area contributed by atoms with Gasteiger partial charge in [0.25, 0.3) is 0 Å². The van der Waals surface area contributed by atoms with Gasteiger partial charge in [0, 0.05) is 18.2 Å². The molecule has 0 bridgehead atoms. The Hall–Kier alpha value is -1.88. The number of Topliss-reactive ketones (excluding diaryl/α,β-unsaturated/α-hetero) is 1. The number of benzene rings is 2. The van der Waals surface area contributed by atoms with Crippen LogP contribution in [0.2, 0.25) is 5.02 Å². The number of carbonyl (C=O) groups excluding carboxylic acids is 1. The SMILES string of the molecule is Cc1ccc(Oc2ccc(C(=O)C3CCCN3C3CCNC3)cc2)c(Cl)c1. The predicted octanol–water partition coefficient (Wildman–Crippen LogP) is 4.45. The van der Waals surface area contributed by atoms with Crippen molar-refractivity contribution in [2.75, 3.05) is 19.6 Å². The van der Waals surface area contributed by atoms with Crippen molar-refractivity contribution in [1.29, 1.82) is 0 Å². The summed E-state index contributed by atoms with van der Waals surface area (Å²) in [4.78, 5) is 15.5. The van der Waals surface area contributed by atoms with Crippen LogP contribution in [-0.4, -0.2) is 42.4 Å². The van der Waals surface area contributed by atoms with Gasteiger partial charge in [-0.1, -0.05) is 17.7 Å². The van der Waals surface area contributed by atoms with Crippen molar-refractivity contribution < 1.29 is 9.53 Å². The van der Waals surface area contributed by atoms with Crippen LogP contribution in [0.4, 0.5) is 0 Å². The average Bonchev–Trinajstić information content (AvgIpc) is 3.35. The quantitative estimate of drug-likeness (QED) is 0.773. The van der Waals surface area contributed by atoms with E-state index in [0.717, 1.165) is 50.0 Å². The first-order valence-electron chi connectivity index (χ1n) is 9.66. The Morgan fingerprint density at radius 3 is 2.70 bits per heavy atom. The molecule has 0 aliphatic carbocycles. The number of ketones is 1. The maximum Gasteiger partial charge on any atom is 0.179 e. The molecule has 0 amide bonds. The highest BCUT2D eigenvalue weighted by Gasteiger charge is 2.36. The van der Waals surface area contributed by atoms with E-state index in [2.05, 4.69) is 10.2 Å². The molecule has 2 atom stereocenters. The highest BCUT2D eigenvalue weighted by atomic mass is 35.5. The lowest BCUT2D eigenvalue weighted by Gasteiger charge is -2.29. The third-order valence-corrected chi connectivity index (χ3v) is 5.85. The highest BCUT2D eigenvalue weighted by Crippen LogP contribution is 2.31. The zero-order chi connectivity index (χ0) is 18.8. The molecule has 2 saturated heterocycles. The van der Waals surface area contributed by atoms with E-state index in [0.29, 0.717) is 22.6 Å². The fraction of sp³-hybridized carbons (Fsp3) is 0.409. The van der Waals surface area contributed by atoms with Crippen molar-refractivity contribution in [3.05, 3.63) is 58.6 Å². The molecule has 142 valence electrons. The van der Waals surface area contributed by atoms with Gasteiger partial charge in [-0.3, -0.25) is 9.69 Å². The minimum absolute atomic E-state index is 0.00760. The van der Waals surface area contributed by atoms with E-state index in [9.17, 15) is 4.79 Å². The van der Waals surface area contributed by atoms with E-state index in [-0.39, 0.29) is 11.8 Å². The second-order valence-electron chi connectivity index (χ2n) is 7.47. The van der Waals surface area contributed by atoms with Crippen LogP contribution in [0.1, 0.15) is 35.2 Å².